The molecular formula is C58H60N3OPt-. The van der Waals surface area contributed by atoms with Crippen LogP contribution in [-0.4, -0.2) is 19.6 Å². The SMILES string of the molecule is CC(C)(C)c1ccc(-n2c(-c3cc(C(C)(C)C)cc(C(C)(C)C)c3O)nc3c(-c4[c-]c(-c5cc(-c6ccccc6)ccn5)cc(-c5ccccc5)c4)cccc32)c(C(C)(C)C)c1.[Pt]. The Labute approximate surface area is 389 Å². The van der Waals surface area contributed by atoms with Crippen LogP contribution in [0.1, 0.15) is 105 Å². The van der Waals surface area contributed by atoms with Gasteiger partial charge in [-0.2, -0.15) is 0 Å². The summed E-state index contributed by atoms with van der Waals surface area (Å²) in [5.41, 5.74) is 15.3. The van der Waals surface area contributed by atoms with Gasteiger partial charge >= 0.3 is 0 Å². The third-order valence-electron chi connectivity index (χ3n) is 12.0. The minimum absolute atomic E-state index is 0. The summed E-state index contributed by atoms with van der Waals surface area (Å²) in [5, 5.41) is 12.5. The Bertz CT molecular complexity index is 2930. The van der Waals surface area contributed by atoms with E-state index in [-0.39, 0.29) is 48.5 Å². The van der Waals surface area contributed by atoms with E-state index in [1.807, 2.05) is 12.3 Å². The third-order valence-corrected chi connectivity index (χ3v) is 12.0. The first-order chi connectivity index (χ1) is 29.2. The van der Waals surface area contributed by atoms with Gasteiger partial charge in [0.15, 0.2) is 0 Å². The van der Waals surface area contributed by atoms with Crippen molar-refractivity contribution >= 4 is 11.0 Å². The fourth-order valence-electron chi connectivity index (χ4n) is 8.39. The number of nitrogens with zero attached hydrogens (tertiary/aromatic N) is 3. The molecule has 0 saturated heterocycles. The molecule has 0 atom stereocenters. The molecule has 0 unspecified atom stereocenters. The third kappa shape index (κ3) is 9.11. The summed E-state index contributed by atoms with van der Waals surface area (Å²) >= 11 is 0. The number of para-hydroxylation sites is 1. The molecule has 0 saturated carbocycles. The van der Waals surface area contributed by atoms with Crippen LogP contribution in [0.25, 0.3) is 72.7 Å². The molecule has 0 bridgehead atoms. The number of hydrogen-bond acceptors (Lipinski definition) is 3. The van der Waals surface area contributed by atoms with Gasteiger partial charge in [-0.15, -0.1) is 23.8 Å². The minimum atomic E-state index is -0.317. The van der Waals surface area contributed by atoms with Crippen LogP contribution in [0.3, 0.4) is 0 Å². The minimum Gasteiger partial charge on any atom is -0.507 e. The van der Waals surface area contributed by atoms with Gasteiger partial charge in [-0.3, -0.25) is 9.55 Å². The molecule has 2 aromatic heterocycles. The fourth-order valence-corrected chi connectivity index (χ4v) is 8.39. The number of aromatic hydroxyl groups is 1. The van der Waals surface area contributed by atoms with Gasteiger partial charge in [0.25, 0.3) is 0 Å². The van der Waals surface area contributed by atoms with Crippen LogP contribution in [0.2, 0.25) is 0 Å². The Kier molecular flexibility index (Phi) is 12.2. The molecule has 5 heteroatoms. The van der Waals surface area contributed by atoms with E-state index in [4.69, 9.17) is 9.97 Å². The van der Waals surface area contributed by atoms with Gasteiger partial charge in [-0.25, -0.2) is 4.98 Å². The molecule has 4 nitrogen and oxygen atoms in total. The summed E-state index contributed by atoms with van der Waals surface area (Å²) in [7, 11) is 0. The summed E-state index contributed by atoms with van der Waals surface area (Å²) < 4.78 is 2.30. The predicted molar refractivity (Wildman–Crippen MR) is 261 cm³/mol. The second kappa shape index (κ2) is 16.9. The molecule has 8 rings (SSSR count). The van der Waals surface area contributed by atoms with Crippen LogP contribution in [0.4, 0.5) is 0 Å². The molecule has 0 radical (unpaired) electrons. The normalized spacial score (nSPS) is 12.4. The van der Waals surface area contributed by atoms with Gasteiger partial charge in [0.1, 0.15) is 11.6 Å². The second-order valence-corrected chi connectivity index (χ2v) is 21.0. The Morgan fingerprint density at radius 3 is 1.68 bits per heavy atom. The van der Waals surface area contributed by atoms with Crippen molar-refractivity contribution in [2.75, 3.05) is 0 Å². The number of imidazole rings is 1. The van der Waals surface area contributed by atoms with E-state index in [0.717, 1.165) is 72.5 Å². The summed E-state index contributed by atoms with van der Waals surface area (Å²) in [6.07, 6.45) is 1.89. The summed E-state index contributed by atoms with van der Waals surface area (Å²) in [5.74, 6) is 0.962. The molecule has 2 heterocycles. The van der Waals surface area contributed by atoms with E-state index in [9.17, 15) is 5.11 Å². The quantitative estimate of drug-likeness (QED) is 0.169. The van der Waals surface area contributed by atoms with E-state index < -0.39 is 0 Å². The van der Waals surface area contributed by atoms with Gasteiger partial charge in [-0.1, -0.05) is 197 Å². The molecule has 63 heavy (non-hydrogen) atoms. The van der Waals surface area contributed by atoms with Crippen LogP contribution in [-0.2, 0) is 42.7 Å². The van der Waals surface area contributed by atoms with E-state index in [0.29, 0.717) is 11.4 Å². The van der Waals surface area contributed by atoms with Crippen LogP contribution < -0.4 is 0 Å². The number of aromatic nitrogens is 3. The van der Waals surface area contributed by atoms with Gasteiger partial charge in [-0.05, 0) is 79.3 Å². The van der Waals surface area contributed by atoms with Crippen molar-refractivity contribution in [3.8, 4) is 67.5 Å². The number of hydrogen-bond donors (Lipinski definition) is 1. The zero-order valence-corrected chi connectivity index (χ0v) is 41.2. The van der Waals surface area contributed by atoms with Crippen LogP contribution in [0.5, 0.6) is 5.75 Å². The smallest absolute Gasteiger partial charge is 0.148 e. The molecule has 0 amide bonds. The zero-order chi connectivity index (χ0) is 44.4. The van der Waals surface area contributed by atoms with Gasteiger partial charge < -0.3 is 5.11 Å². The summed E-state index contributed by atoms with van der Waals surface area (Å²) in [6.45, 7) is 26.9. The number of fused-ring (bicyclic) bond motifs is 1. The Morgan fingerprint density at radius 1 is 0.492 bits per heavy atom. The monoisotopic (exact) mass is 1010 g/mol. The van der Waals surface area contributed by atoms with Crippen LogP contribution in [0.15, 0.2) is 140 Å². The van der Waals surface area contributed by atoms with Crippen molar-refractivity contribution in [1.29, 1.82) is 0 Å². The molecule has 0 spiro atoms. The van der Waals surface area contributed by atoms with Gasteiger partial charge in [0.05, 0.1) is 22.3 Å². The molecule has 324 valence electrons. The van der Waals surface area contributed by atoms with Crippen molar-refractivity contribution in [1.82, 2.24) is 14.5 Å². The molecule has 1 N–H and O–H groups in total. The maximum Gasteiger partial charge on any atom is 0.148 e. The Balaban J connectivity index is 0.00000595. The van der Waals surface area contributed by atoms with Crippen molar-refractivity contribution in [2.45, 2.75) is 105 Å². The molecule has 6 aromatic carbocycles. The largest absolute Gasteiger partial charge is 0.507 e. The molecule has 8 aromatic rings. The molecule has 0 aliphatic heterocycles. The topological polar surface area (TPSA) is 50.9 Å². The molecule has 0 fully saturated rings. The van der Waals surface area contributed by atoms with Gasteiger partial charge in [0.2, 0.25) is 0 Å². The second-order valence-electron chi connectivity index (χ2n) is 21.0. The van der Waals surface area contributed by atoms with E-state index in [2.05, 4.69) is 221 Å². The average Bonchev–Trinajstić information content (AvgIpc) is 3.62. The maximum atomic E-state index is 12.5. The Morgan fingerprint density at radius 2 is 1.08 bits per heavy atom. The van der Waals surface area contributed by atoms with Crippen LogP contribution in [0, 0.1) is 6.07 Å². The molecular weight excluding hydrogens is 950 g/mol. The summed E-state index contributed by atoms with van der Waals surface area (Å²) in [6, 6.07) is 51.1. The van der Waals surface area contributed by atoms with E-state index in [1.165, 1.54) is 11.1 Å². The predicted octanol–water partition coefficient (Wildman–Crippen LogP) is 15.4. The van der Waals surface area contributed by atoms with Crippen molar-refractivity contribution in [2.24, 2.45) is 0 Å². The molecule has 0 aliphatic rings. The summed E-state index contributed by atoms with van der Waals surface area (Å²) in [4.78, 5) is 10.6. The first kappa shape index (κ1) is 45.5. The first-order valence-corrected chi connectivity index (χ1v) is 21.9. The average molecular weight is 1010 g/mol. The number of rotatable bonds is 6. The molecule has 0 aliphatic carbocycles. The Hall–Kier alpha value is -5.57. The fraction of sp³-hybridized carbons (Fsp3) is 0.276. The maximum absolute atomic E-state index is 12.5. The number of phenolic OH excluding ortho intramolecular Hbond substituents is 1. The van der Waals surface area contributed by atoms with Crippen molar-refractivity contribution < 1.29 is 26.2 Å². The van der Waals surface area contributed by atoms with Crippen molar-refractivity contribution in [3.05, 3.63) is 168 Å². The first-order valence-electron chi connectivity index (χ1n) is 21.9. The van der Waals surface area contributed by atoms with E-state index >= 15 is 0 Å². The number of pyridine rings is 1. The van der Waals surface area contributed by atoms with E-state index in [1.54, 1.807) is 0 Å². The standard InChI is InChI=1S/C58H60N3O.Pt/c1-55(2,3)43-26-27-50(47(35-43)57(7,8)9)61-51-25-19-24-45(52(51)60-54(61)46-34-44(56(4,5)6)36-48(53(46)62)58(10,11)12)41-30-40(38-22-17-14-18-23-38)31-42(32-41)49-33-39(28-29-59-49)37-20-15-13-16-21-37;/h13-31,33-36,62H,1-12H3;/q-1;. The van der Waals surface area contributed by atoms with Gasteiger partial charge in [0, 0.05) is 38.5 Å². The van der Waals surface area contributed by atoms with Crippen molar-refractivity contribution in [3.63, 3.8) is 0 Å². The number of phenols is 1. The zero-order valence-electron chi connectivity index (χ0n) is 38.9. The number of benzene rings is 6. The van der Waals surface area contributed by atoms with Crippen LogP contribution >= 0.6 is 0 Å².